The maximum absolute atomic E-state index is 13.2. The van der Waals surface area contributed by atoms with Gasteiger partial charge in [-0.1, -0.05) is 11.6 Å². The van der Waals surface area contributed by atoms with E-state index < -0.39 is 10.0 Å². The van der Waals surface area contributed by atoms with E-state index in [-0.39, 0.29) is 11.7 Å². The molecule has 6 nitrogen and oxygen atoms in total. The molecule has 0 unspecified atom stereocenters. The lowest BCUT2D eigenvalue weighted by Crippen LogP contribution is -2.29. The second-order valence-corrected chi connectivity index (χ2v) is 8.37. The van der Waals surface area contributed by atoms with Crippen LogP contribution in [0.2, 0.25) is 0 Å². The van der Waals surface area contributed by atoms with Crippen LogP contribution >= 0.6 is 0 Å². The van der Waals surface area contributed by atoms with Gasteiger partial charge < -0.3 is 9.47 Å². The van der Waals surface area contributed by atoms with Gasteiger partial charge in [0, 0.05) is 18.0 Å². The van der Waals surface area contributed by atoms with Crippen LogP contribution < -0.4 is 13.8 Å². The molecule has 0 amide bonds. The molecule has 0 N–H and O–H groups in total. The third-order valence-electron chi connectivity index (χ3n) is 4.78. The molecule has 3 heterocycles. The molecule has 3 aromatic rings. The third-order valence-corrected chi connectivity index (χ3v) is 6.56. The Hall–Kier alpha value is -2.80. The van der Waals surface area contributed by atoms with Gasteiger partial charge in [-0.3, -0.25) is 0 Å². The van der Waals surface area contributed by atoms with Crippen LogP contribution in [0.4, 0.5) is 5.82 Å². The molecular weight excluding hydrogens is 352 g/mol. The Morgan fingerprint density at radius 1 is 1.04 bits per heavy atom. The summed E-state index contributed by atoms with van der Waals surface area (Å²) in [5.74, 6) is 1.52. The molecular formula is C19H16N2O4S. The molecule has 0 spiro atoms. The lowest BCUT2D eigenvalue weighted by atomic mass is 10.1. The lowest BCUT2D eigenvalue weighted by Gasteiger charge is -2.19. The van der Waals surface area contributed by atoms with Crippen LogP contribution in [0.3, 0.4) is 0 Å². The molecule has 0 fully saturated rings. The molecule has 0 atom stereocenters. The molecule has 2 aliphatic rings. The predicted octanol–water partition coefficient (Wildman–Crippen LogP) is 3.02. The Kier molecular flexibility index (Phi) is 3.18. The lowest BCUT2D eigenvalue weighted by molar-refractivity contribution is 0.174. The summed E-state index contributed by atoms with van der Waals surface area (Å²) in [5, 5.41) is 1.03. The summed E-state index contributed by atoms with van der Waals surface area (Å²) in [5.41, 5.74) is 2.90. The highest BCUT2D eigenvalue weighted by atomic mass is 32.2. The fourth-order valence-corrected chi connectivity index (χ4v) is 4.92. The number of hydrogen-bond acceptors (Lipinski definition) is 5. The predicted molar refractivity (Wildman–Crippen MR) is 97.3 cm³/mol. The quantitative estimate of drug-likeness (QED) is 0.695. The number of pyridine rings is 1. The van der Waals surface area contributed by atoms with E-state index in [0.29, 0.717) is 30.3 Å². The van der Waals surface area contributed by atoms with Crippen LogP contribution in [0, 0.1) is 6.92 Å². The van der Waals surface area contributed by atoms with Gasteiger partial charge in [0.05, 0.1) is 10.4 Å². The monoisotopic (exact) mass is 368 g/mol. The summed E-state index contributed by atoms with van der Waals surface area (Å²) in [6, 6.07) is 12.7. The molecule has 0 radical (unpaired) electrons. The standard InChI is InChI=1S/C19H16N2O4S/c1-12-2-4-16-14(8-12)9-13-6-7-21(19(13)20-16)26(22,23)15-3-5-17-18(10-15)25-11-24-17/h2-5,8-10H,6-7,11H2,1H3. The maximum Gasteiger partial charge on any atom is 0.265 e. The Bertz CT molecular complexity index is 1160. The number of aromatic nitrogens is 1. The highest BCUT2D eigenvalue weighted by molar-refractivity contribution is 7.92. The van der Waals surface area contributed by atoms with E-state index in [9.17, 15) is 8.42 Å². The van der Waals surface area contributed by atoms with Crippen LogP contribution in [-0.2, 0) is 16.4 Å². The van der Waals surface area contributed by atoms with Crippen molar-refractivity contribution in [1.29, 1.82) is 0 Å². The molecule has 132 valence electrons. The highest BCUT2D eigenvalue weighted by Crippen LogP contribution is 2.38. The van der Waals surface area contributed by atoms with Crippen LogP contribution in [0.25, 0.3) is 10.9 Å². The molecule has 0 saturated carbocycles. The van der Waals surface area contributed by atoms with Crippen LogP contribution in [0.5, 0.6) is 11.5 Å². The first-order chi connectivity index (χ1) is 12.5. The van der Waals surface area contributed by atoms with Crippen LogP contribution in [0.1, 0.15) is 11.1 Å². The minimum atomic E-state index is -3.72. The van der Waals surface area contributed by atoms with Crippen molar-refractivity contribution in [2.45, 2.75) is 18.2 Å². The summed E-state index contributed by atoms with van der Waals surface area (Å²) >= 11 is 0. The SMILES string of the molecule is Cc1ccc2nc3c(cc2c1)CCN3S(=O)(=O)c1ccc2c(c1)OCO2. The fourth-order valence-electron chi connectivity index (χ4n) is 3.46. The Morgan fingerprint density at radius 2 is 1.88 bits per heavy atom. The average Bonchev–Trinajstić information content (AvgIpc) is 3.25. The smallest absolute Gasteiger partial charge is 0.265 e. The Morgan fingerprint density at radius 3 is 2.77 bits per heavy atom. The molecule has 7 heteroatoms. The van der Waals surface area contributed by atoms with Crippen molar-refractivity contribution in [3.05, 3.63) is 53.6 Å². The molecule has 2 aliphatic heterocycles. The normalized spacial score (nSPS) is 15.5. The number of fused-ring (bicyclic) bond motifs is 3. The Labute approximate surface area is 151 Å². The molecule has 5 rings (SSSR count). The molecule has 0 saturated heterocycles. The third kappa shape index (κ3) is 2.24. The number of hydrogen-bond donors (Lipinski definition) is 0. The van der Waals surface area contributed by atoms with Crippen molar-refractivity contribution >= 4 is 26.7 Å². The Balaban J connectivity index is 1.61. The first kappa shape index (κ1) is 15.5. The van der Waals surface area contributed by atoms with E-state index in [0.717, 1.165) is 22.0 Å². The summed E-state index contributed by atoms with van der Waals surface area (Å²) in [4.78, 5) is 4.81. The first-order valence-electron chi connectivity index (χ1n) is 8.35. The van der Waals surface area contributed by atoms with Gasteiger partial charge in [0.15, 0.2) is 11.5 Å². The maximum atomic E-state index is 13.2. The topological polar surface area (TPSA) is 68.7 Å². The second-order valence-electron chi connectivity index (χ2n) is 6.51. The number of rotatable bonds is 2. The van der Waals surface area contributed by atoms with E-state index >= 15 is 0 Å². The summed E-state index contributed by atoms with van der Waals surface area (Å²) in [6.45, 7) is 2.52. The van der Waals surface area contributed by atoms with E-state index in [1.165, 1.54) is 10.4 Å². The zero-order chi connectivity index (χ0) is 17.9. The largest absolute Gasteiger partial charge is 0.454 e. The van der Waals surface area contributed by atoms with Gasteiger partial charge in [-0.2, -0.15) is 0 Å². The minimum Gasteiger partial charge on any atom is -0.454 e. The molecule has 0 aliphatic carbocycles. The van der Waals surface area contributed by atoms with Gasteiger partial charge in [-0.25, -0.2) is 17.7 Å². The van der Waals surface area contributed by atoms with Crippen molar-refractivity contribution in [3.8, 4) is 11.5 Å². The van der Waals surface area contributed by atoms with Crippen molar-refractivity contribution in [3.63, 3.8) is 0 Å². The molecule has 2 aromatic carbocycles. The number of sulfonamides is 1. The van der Waals surface area contributed by atoms with E-state index in [2.05, 4.69) is 11.1 Å². The first-order valence-corrected chi connectivity index (χ1v) is 9.79. The zero-order valence-corrected chi connectivity index (χ0v) is 14.9. The van der Waals surface area contributed by atoms with E-state index in [4.69, 9.17) is 9.47 Å². The van der Waals surface area contributed by atoms with Crippen LogP contribution in [-0.4, -0.2) is 26.7 Å². The van der Waals surface area contributed by atoms with Gasteiger partial charge in [0.1, 0.15) is 5.82 Å². The minimum absolute atomic E-state index is 0.109. The van der Waals surface area contributed by atoms with Gasteiger partial charge in [-0.05, 0) is 49.2 Å². The number of nitrogens with zero attached hydrogens (tertiary/aromatic N) is 2. The number of benzene rings is 2. The average molecular weight is 368 g/mol. The molecule has 26 heavy (non-hydrogen) atoms. The van der Waals surface area contributed by atoms with Crippen LogP contribution in [0.15, 0.2) is 47.4 Å². The van der Waals surface area contributed by atoms with Crippen molar-refractivity contribution in [2.24, 2.45) is 0 Å². The van der Waals surface area contributed by atoms with E-state index in [1.807, 2.05) is 25.1 Å². The second kappa shape index (κ2) is 5.35. The number of aryl methyl sites for hydroxylation is 1. The van der Waals surface area contributed by atoms with Crippen molar-refractivity contribution in [2.75, 3.05) is 17.6 Å². The summed E-state index contributed by atoms with van der Waals surface area (Å²) in [6.07, 6.45) is 0.649. The summed E-state index contributed by atoms with van der Waals surface area (Å²) < 4.78 is 38.3. The fraction of sp³-hybridized carbons (Fsp3) is 0.211. The van der Waals surface area contributed by atoms with Gasteiger partial charge in [0.2, 0.25) is 6.79 Å². The van der Waals surface area contributed by atoms with Crippen molar-refractivity contribution in [1.82, 2.24) is 4.98 Å². The van der Waals surface area contributed by atoms with Gasteiger partial charge in [0.25, 0.3) is 10.0 Å². The summed E-state index contributed by atoms with van der Waals surface area (Å²) in [7, 11) is -3.72. The van der Waals surface area contributed by atoms with Gasteiger partial charge in [-0.15, -0.1) is 0 Å². The van der Waals surface area contributed by atoms with E-state index in [1.54, 1.807) is 12.1 Å². The number of anilines is 1. The zero-order valence-electron chi connectivity index (χ0n) is 14.1. The number of ether oxygens (including phenoxy) is 2. The molecule has 1 aromatic heterocycles. The van der Waals surface area contributed by atoms with Gasteiger partial charge >= 0.3 is 0 Å². The highest BCUT2D eigenvalue weighted by Gasteiger charge is 2.33. The molecule has 0 bridgehead atoms. The van der Waals surface area contributed by atoms with Crippen molar-refractivity contribution < 1.29 is 17.9 Å².